The maximum Gasteiger partial charge on any atom is 0.191 e. The van der Waals surface area contributed by atoms with Gasteiger partial charge >= 0.3 is 0 Å². The highest BCUT2D eigenvalue weighted by atomic mass is 127. The van der Waals surface area contributed by atoms with Crippen molar-refractivity contribution in [2.45, 2.75) is 26.3 Å². The van der Waals surface area contributed by atoms with E-state index < -0.39 is 0 Å². The van der Waals surface area contributed by atoms with Gasteiger partial charge in [-0.2, -0.15) is 0 Å². The van der Waals surface area contributed by atoms with Crippen LogP contribution in [0.3, 0.4) is 0 Å². The van der Waals surface area contributed by atoms with Gasteiger partial charge in [-0.15, -0.1) is 24.0 Å². The van der Waals surface area contributed by atoms with Crippen molar-refractivity contribution in [3.63, 3.8) is 0 Å². The zero-order valence-corrected chi connectivity index (χ0v) is 19.2. The summed E-state index contributed by atoms with van der Waals surface area (Å²) in [4.78, 5) is 8.68. The molecular weight excluding hydrogens is 477 g/mol. The molecule has 3 aromatic rings. The van der Waals surface area contributed by atoms with Crippen LogP contribution in [0.2, 0.25) is 0 Å². The van der Waals surface area contributed by atoms with Gasteiger partial charge in [0.15, 0.2) is 5.96 Å². The normalized spacial score (nSPS) is 11.1. The number of hydrogen-bond acceptors (Lipinski definition) is 3. The van der Waals surface area contributed by atoms with Gasteiger partial charge < -0.3 is 19.9 Å². The van der Waals surface area contributed by atoms with Gasteiger partial charge in [-0.25, -0.2) is 4.98 Å². The van der Waals surface area contributed by atoms with E-state index in [1.54, 1.807) is 6.20 Å². The number of ether oxygens (including phenoxy) is 1. The van der Waals surface area contributed by atoms with Gasteiger partial charge in [0.05, 0.1) is 12.9 Å². The van der Waals surface area contributed by atoms with Crippen LogP contribution in [0, 0.1) is 0 Å². The molecule has 0 spiro atoms. The predicted molar refractivity (Wildman–Crippen MR) is 130 cm³/mol. The van der Waals surface area contributed by atoms with Gasteiger partial charge in [0.25, 0.3) is 0 Å². The smallest absolute Gasteiger partial charge is 0.191 e. The minimum absolute atomic E-state index is 0. The van der Waals surface area contributed by atoms with Gasteiger partial charge in [0.1, 0.15) is 5.75 Å². The van der Waals surface area contributed by atoms with E-state index in [4.69, 9.17) is 4.74 Å². The number of benzene rings is 2. The Labute approximate surface area is 189 Å². The molecule has 2 N–H and O–H groups in total. The minimum Gasteiger partial charge on any atom is -0.494 e. The molecule has 2 aromatic carbocycles. The number of nitrogens with one attached hydrogen (secondary N) is 2. The maximum atomic E-state index is 5.88. The Kier molecular flexibility index (Phi) is 10.3. The van der Waals surface area contributed by atoms with Crippen molar-refractivity contribution in [3.05, 3.63) is 61.2 Å². The van der Waals surface area contributed by atoms with Gasteiger partial charge in [-0.3, -0.25) is 4.99 Å². The Morgan fingerprint density at radius 3 is 2.76 bits per heavy atom. The molecule has 0 aliphatic rings. The Hall–Kier alpha value is -2.29. The second-order valence-corrected chi connectivity index (χ2v) is 6.55. The standard InChI is InChI=1S/C22H29N5O.HI/c1-2-24-22(25-11-5-14-27-15-13-23-18-27)26-12-6-16-28-21-10-9-19-7-3-4-8-20(19)17-21;/h3-4,7-10,13,15,17-18H,2,5-6,11-12,14,16H2,1H3,(H2,24,25,26);1H. The molecule has 0 bridgehead atoms. The van der Waals surface area contributed by atoms with Crippen molar-refractivity contribution >= 4 is 40.7 Å². The molecule has 1 heterocycles. The highest BCUT2D eigenvalue weighted by Gasteiger charge is 1.99. The zero-order chi connectivity index (χ0) is 19.4. The van der Waals surface area contributed by atoms with Crippen LogP contribution in [0.5, 0.6) is 5.75 Å². The van der Waals surface area contributed by atoms with Crippen LogP contribution in [-0.2, 0) is 6.54 Å². The van der Waals surface area contributed by atoms with Crippen molar-refractivity contribution < 1.29 is 4.74 Å². The highest BCUT2D eigenvalue weighted by molar-refractivity contribution is 14.0. The van der Waals surface area contributed by atoms with E-state index in [0.717, 1.165) is 50.7 Å². The lowest BCUT2D eigenvalue weighted by molar-refractivity contribution is 0.314. The summed E-state index contributed by atoms with van der Waals surface area (Å²) < 4.78 is 7.96. The Morgan fingerprint density at radius 2 is 1.97 bits per heavy atom. The fraction of sp³-hybridized carbons (Fsp3) is 0.364. The summed E-state index contributed by atoms with van der Waals surface area (Å²) >= 11 is 0. The number of aryl methyl sites for hydroxylation is 1. The number of halogens is 1. The van der Waals surface area contributed by atoms with E-state index in [-0.39, 0.29) is 24.0 Å². The summed E-state index contributed by atoms with van der Waals surface area (Å²) in [7, 11) is 0. The third kappa shape index (κ3) is 7.92. The van der Waals surface area contributed by atoms with E-state index in [1.807, 2.05) is 24.7 Å². The van der Waals surface area contributed by atoms with Crippen LogP contribution < -0.4 is 15.4 Å². The van der Waals surface area contributed by atoms with Gasteiger partial charge in [0.2, 0.25) is 0 Å². The first-order chi connectivity index (χ1) is 13.8. The molecule has 156 valence electrons. The van der Waals surface area contributed by atoms with Crippen LogP contribution in [0.15, 0.2) is 66.2 Å². The molecular formula is C22H30IN5O. The van der Waals surface area contributed by atoms with Crippen molar-refractivity contribution in [2.75, 3.05) is 26.2 Å². The fourth-order valence-electron chi connectivity index (χ4n) is 2.93. The van der Waals surface area contributed by atoms with Crippen molar-refractivity contribution in [1.29, 1.82) is 0 Å². The van der Waals surface area contributed by atoms with Crippen LogP contribution in [-0.4, -0.2) is 41.8 Å². The number of imidazole rings is 1. The van der Waals surface area contributed by atoms with Gasteiger partial charge in [-0.05, 0) is 36.2 Å². The first-order valence-corrected chi connectivity index (χ1v) is 9.94. The van der Waals surface area contributed by atoms with E-state index in [1.165, 1.54) is 10.8 Å². The van der Waals surface area contributed by atoms with Crippen molar-refractivity contribution in [1.82, 2.24) is 20.2 Å². The quantitative estimate of drug-likeness (QED) is 0.188. The van der Waals surface area contributed by atoms with E-state index in [2.05, 4.69) is 62.4 Å². The van der Waals surface area contributed by atoms with Gasteiger partial charge in [-0.1, -0.05) is 30.3 Å². The first kappa shape index (κ1) is 23.0. The molecule has 0 aliphatic heterocycles. The number of nitrogens with zero attached hydrogens (tertiary/aromatic N) is 3. The Balaban J connectivity index is 0.00000300. The van der Waals surface area contributed by atoms with E-state index >= 15 is 0 Å². The third-order valence-corrected chi connectivity index (χ3v) is 4.35. The average molecular weight is 507 g/mol. The first-order valence-electron chi connectivity index (χ1n) is 9.94. The van der Waals surface area contributed by atoms with Crippen molar-refractivity contribution in [2.24, 2.45) is 4.99 Å². The summed E-state index contributed by atoms with van der Waals surface area (Å²) in [5.41, 5.74) is 0. The lowest BCUT2D eigenvalue weighted by Crippen LogP contribution is -2.38. The molecule has 7 heteroatoms. The van der Waals surface area contributed by atoms with Crippen molar-refractivity contribution in [3.8, 4) is 5.75 Å². The Morgan fingerprint density at radius 1 is 1.10 bits per heavy atom. The summed E-state index contributed by atoms with van der Waals surface area (Å²) in [5.74, 6) is 1.77. The van der Waals surface area contributed by atoms with Crippen LogP contribution in [0.25, 0.3) is 10.8 Å². The lowest BCUT2D eigenvalue weighted by Gasteiger charge is -2.11. The highest BCUT2D eigenvalue weighted by Crippen LogP contribution is 2.20. The second-order valence-electron chi connectivity index (χ2n) is 6.55. The summed E-state index contributed by atoms with van der Waals surface area (Å²) in [6, 6.07) is 14.5. The number of fused-ring (bicyclic) bond motifs is 1. The molecule has 0 saturated heterocycles. The molecule has 29 heavy (non-hydrogen) atoms. The lowest BCUT2D eigenvalue weighted by atomic mass is 10.1. The molecule has 0 unspecified atom stereocenters. The molecule has 0 fully saturated rings. The molecule has 0 amide bonds. The molecule has 6 nitrogen and oxygen atoms in total. The topological polar surface area (TPSA) is 63.5 Å². The number of aromatic nitrogens is 2. The molecule has 1 aromatic heterocycles. The molecule has 0 saturated carbocycles. The molecule has 0 radical (unpaired) electrons. The average Bonchev–Trinajstić information content (AvgIpc) is 3.24. The molecule has 0 aliphatic carbocycles. The maximum absolute atomic E-state index is 5.88. The molecule has 3 rings (SSSR count). The zero-order valence-electron chi connectivity index (χ0n) is 16.9. The second kappa shape index (κ2) is 13.0. The SMILES string of the molecule is CCNC(=NCCCOc1ccc2ccccc2c1)NCCCn1ccnc1.I. The van der Waals surface area contributed by atoms with Crippen LogP contribution in [0.4, 0.5) is 0 Å². The number of aliphatic imine (C=N–C) groups is 1. The van der Waals surface area contributed by atoms with Gasteiger partial charge in [0, 0.05) is 45.0 Å². The fourth-order valence-corrected chi connectivity index (χ4v) is 2.93. The predicted octanol–water partition coefficient (Wildman–Crippen LogP) is 4.07. The molecule has 0 atom stereocenters. The van der Waals surface area contributed by atoms with E-state index in [9.17, 15) is 0 Å². The van der Waals surface area contributed by atoms with Crippen LogP contribution in [0.1, 0.15) is 19.8 Å². The third-order valence-electron chi connectivity index (χ3n) is 4.35. The number of hydrogen-bond donors (Lipinski definition) is 2. The van der Waals surface area contributed by atoms with E-state index in [0.29, 0.717) is 6.61 Å². The number of rotatable bonds is 10. The Bertz CT molecular complexity index is 867. The van der Waals surface area contributed by atoms with Crippen LogP contribution >= 0.6 is 24.0 Å². The number of guanidine groups is 1. The minimum atomic E-state index is 0. The largest absolute Gasteiger partial charge is 0.494 e. The summed E-state index contributed by atoms with van der Waals surface area (Å²) in [5, 5.41) is 9.09. The summed E-state index contributed by atoms with van der Waals surface area (Å²) in [6.45, 7) is 6.13. The monoisotopic (exact) mass is 507 g/mol. The summed E-state index contributed by atoms with van der Waals surface area (Å²) in [6.07, 6.45) is 7.52.